The van der Waals surface area contributed by atoms with Crippen LogP contribution >= 0.6 is 11.3 Å². The lowest BCUT2D eigenvalue weighted by Gasteiger charge is -2.32. The lowest BCUT2D eigenvalue weighted by atomic mass is 9.98. The molecule has 1 aromatic heterocycles. The van der Waals surface area contributed by atoms with Crippen LogP contribution in [-0.2, 0) is 13.1 Å². The van der Waals surface area contributed by atoms with Gasteiger partial charge in [0.2, 0.25) is 0 Å². The number of hydrogen-bond acceptors (Lipinski definition) is 4. The molecule has 2 N–H and O–H groups in total. The highest BCUT2D eigenvalue weighted by atomic mass is 32.1. The second-order valence-corrected chi connectivity index (χ2v) is 8.28. The van der Waals surface area contributed by atoms with Crippen molar-refractivity contribution in [2.75, 3.05) is 33.3 Å². The molecule has 28 heavy (non-hydrogen) atoms. The molecule has 2 heterocycles. The number of piperidine rings is 1. The monoisotopic (exact) mass is 400 g/mol. The van der Waals surface area contributed by atoms with Crippen molar-refractivity contribution in [2.45, 2.75) is 32.9 Å². The first-order valence-corrected chi connectivity index (χ1v) is 11.0. The lowest BCUT2D eigenvalue weighted by Crippen LogP contribution is -2.44. The molecule has 1 atom stereocenters. The van der Waals surface area contributed by atoms with Gasteiger partial charge in [-0.2, -0.15) is 0 Å². The number of nitrogens with one attached hydrogen (secondary N) is 2. The summed E-state index contributed by atoms with van der Waals surface area (Å²) >= 11 is 1.85. The SMILES string of the molecule is CCNC(=NCc1cccc(OC)c1)NCC1CCCN(Cc2cccs2)C1. The van der Waals surface area contributed by atoms with Crippen LogP contribution in [0.3, 0.4) is 0 Å². The van der Waals surface area contributed by atoms with Crippen LogP contribution < -0.4 is 15.4 Å². The smallest absolute Gasteiger partial charge is 0.191 e. The van der Waals surface area contributed by atoms with Crippen LogP contribution in [0.5, 0.6) is 5.75 Å². The predicted octanol–water partition coefficient (Wildman–Crippen LogP) is 3.72. The molecular weight excluding hydrogens is 368 g/mol. The second kappa shape index (κ2) is 11.1. The van der Waals surface area contributed by atoms with Crippen molar-refractivity contribution in [3.05, 3.63) is 52.2 Å². The summed E-state index contributed by atoms with van der Waals surface area (Å²) in [5.74, 6) is 2.42. The van der Waals surface area contributed by atoms with Crippen molar-refractivity contribution in [1.29, 1.82) is 0 Å². The van der Waals surface area contributed by atoms with Gasteiger partial charge in [0.1, 0.15) is 5.75 Å². The number of nitrogens with zero attached hydrogens (tertiary/aromatic N) is 2. The van der Waals surface area contributed by atoms with Gasteiger partial charge in [-0.05, 0) is 61.4 Å². The summed E-state index contributed by atoms with van der Waals surface area (Å²) in [5, 5.41) is 9.08. The Balaban J connectivity index is 1.50. The van der Waals surface area contributed by atoms with E-state index in [9.17, 15) is 0 Å². The molecule has 2 aromatic rings. The van der Waals surface area contributed by atoms with Crippen LogP contribution in [0.4, 0.5) is 0 Å². The lowest BCUT2D eigenvalue weighted by molar-refractivity contribution is 0.169. The van der Waals surface area contributed by atoms with Gasteiger partial charge in [-0.15, -0.1) is 11.3 Å². The molecule has 0 amide bonds. The van der Waals surface area contributed by atoms with Gasteiger partial charge in [0.15, 0.2) is 5.96 Å². The highest BCUT2D eigenvalue weighted by Crippen LogP contribution is 2.20. The molecule has 5 nitrogen and oxygen atoms in total. The van der Waals surface area contributed by atoms with E-state index in [1.165, 1.54) is 24.3 Å². The fourth-order valence-corrected chi connectivity index (χ4v) is 4.35. The van der Waals surface area contributed by atoms with E-state index >= 15 is 0 Å². The van der Waals surface area contributed by atoms with E-state index in [1.54, 1.807) is 7.11 Å². The van der Waals surface area contributed by atoms with E-state index in [-0.39, 0.29) is 0 Å². The third kappa shape index (κ3) is 6.53. The average Bonchev–Trinajstić information content (AvgIpc) is 3.23. The zero-order valence-corrected chi connectivity index (χ0v) is 17.8. The Morgan fingerprint density at radius 2 is 2.21 bits per heavy atom. The first-order valence-electron chi connectivity index (χ1n) is 10.2. The van der Waals surface area contributed by atoms with Crippen molar-refractivity contribution >= 4 is 17.3 Å². The van der Waals surface area contributed by atoms with Gasteiger partial charge in [0.25, 0.3) is 0 Å². The summed E-state index contributed by atoms with van der Waals surface area (Å²) in [4.78, 5) is 8.80. The molecule has 152 valence electrons. The number of rotatable bonds is 8. The summed E-state index contributed by atoms with van der Waals surface area (Å²) in [5.41, 5.74) is 1.15. The summed E-state index contributed by atoms with van der Waals surface area (Å²) in [6, 6.07) is 12.5. The minimum atomic E-state index is 0.641. The molecule has 6 heteroatoms. The summed E-state index contributed by atoms with van der Waals surface area (Å²) in [6.07, 6.45) is 2.55. The number of hydrogen-bond donors (Lipinski definition) is 2. The fourth-order valence-electron chi connectivity index (χ4n) is 3.61. The molecule has 0 radical (unpaired) electrons. The van der Waals surface area contributed by atoms with Crippen LogP contribution in [0.25, 0.3) is 0 Å². The highest BCUT2D eigenvalue weighted by Gasteiger charge is 2.20. The van der Waals surface area contributed by atoms with Crippen molar-refractivity contribution in [2.24, 2.45) is 10.9 Å². The van der Waals surface area contributed by atoms with E-state index in [0.717, 1.165) is 43.5 Å². The molecule has 0 bridgehead atoms. The zero-order chi connectivity index (χ0) is 19.6. The third-order valence-corrected chi connectivity index (χ3v) is 5.88. The summed E-state index contributed by atoms with van der Waals surface area (Å²) in [7, 11) is 1.69. The van der Waals surface area contributed by atoms with E-state index in [4.69, 9.17) is 9.73 Å². The second-order valence-electron chi connectivity index (χ2n) is 7.25. The first-order chi connectivity index (χ1) is 13.8. The molecule has 1 fully saturated rings. The number of aliphatic imine (C=N–C) groups is 1. The van der Waals surface area contributed by atoms with Gasteiger partial charge < -0.3 is 15.4 Å². The van der Waals surface area contributed by atoms with Crippen molar-refractivity contribution in [1.82, 2.24) is 15.5 Å². The Hall–Kier alpha value is -2.05. The standard InChI is InChI=1S/C22H32N4OS/c1-3-23-22(24-14-18-7-4-9-20(13-18)27-2)25-15-19-8-5-11-26(16-19)17-21-10-6-12-28-21/h4,6-7,9-10,12-13,19H,3,5,8,11,14-17H2,1-2H3,(H2,23,24,25). The van der Waals surface area contributed by atoms with Gasteiger partial charge >= 0.3 is 0 Å². The van der Waals surface area contributed by atoms with Gasteiger partial charge in [0, 0.05) is 31.1 Å². The maximum absolute atomic E-state index is 5.30. The number of likely N-dealkylation sites (tertiary alicyclic amines) is 1. The fraction of sp³-hybridized carbons (Fsp3) is 0.500. The number of ether oxygens (including phenoxy) is 1. The molecular formula is C22H32N4OS. The van der Waals surface area contributed by atoms with Crippen molar-refractivity contribution in [3.63, 3.8) is 0 Å². The maximum Gasteiger partial charge on any atom is 0.191 e. The Morgan fingerprint density at radius 3 is 3.00 bits per heavy atom. The first kappa shape index (κ1) is 20.7. The van der Waals surface area contributed by atoms with Crippen molar-refractivity contribution < 1.29 is 4.74 Å². The molecule has 1 saturated heterocycles. The zero-order valence-electron chi connectivity index (χ0n) is 17.0. The van der Waals surface area contributed by atoms with Crippen LogP contribution in [0.1, 0.15) is 30.2 Å². The molecule has 1 aliphatic rings. The Morgan fingerprint density at radius 1 is 1.29 bits per heavy atom. The van der Waals surface area contributed by atoms with Crippen LogP contribution in [0, 0.1) is 5.92 Å². The molecule has 1 aliphatic heterocycles. The maximum atomic E-state index is 5.30. The quantitative estimate of drug-likeness (QED) is 0.524. The molecule has 0 saturated carbocycles. The largest absolute Gasteiger partial charge is 0.497 e. The molecule has 3 rings (SSSR count). The molecule has 1 unspecified atom stereocenters. The van der Waals surface area contributed by atoms with Gasteiger partial charge in [0.05, 0.1) is 13.7 Å². The number of guanidine groups is 1. The predicted molar refractivity (Wildman–Crippen MR) is 118 cm³/mol. The van der Waals surface area contributed by atoms with E-state index in [1.807, 2.05) is 29.5 Å². The highest BCUT2D eigenvalue weighted by molar-refractivity contribution is 7.09. The minimum Gasteiger partial charge on any atom is -0.497 e. The summed E-state index contributed by atoms with van der Waals surface area (Å²) in [6.45, 7) is 8.01. The minimum absolute atomic E-state index is 0.641. The Bertz CT molecular complexity index is 732. The average molecular weight is 401 g/mol. The van der Waals surface area contributed by atoms with E-state index < -0.39 is 0 Å². The van der Waals surface area contributed by atoms with E-state index in [0.29, 0.717) is 12.5 Å². The van der Waals surface area contributed by atoms with Gasteiger partial charge in [-0.3, -0.25) is 4.90 Å². The normalized spacial score (nSPS) is 18.1. The van der Waals surface area contributed by atoms with Crippen LogP contribution in [0.15, 0.2) is 46.8 Å². The molecule has 1 aromatic carbocycles. The number of benzene rings is 1. The third-order valence-electron chi connectivity index (χ3n) is 5.02. The summed E-state index contributed by atoms with van der Waals surface area (Å²) < 4.78 is 5.30. The van der Waals surface area contributed by atoms with Crippen LogP contribution in [-0.4, -0.2) is 44.1 Å². The van der Waals surface area contributed by atoms with Gasteiger partial charge in [-0.25, -0.2) is 4.99 Å². The number of methoxy groups -OCH3 is 1. The van der Waals surface area contributed by atoms with Crippen molar-refractivity contribution in [3.8, 4) is 5.75 Å². The van der Waals surface area contributed by atoms with Gasteiger partial charge in [-0.1, -0.05) is 18.2 Å². The van der Waals surface area contributed by atoms with Crippen LogP contribution in [0.2, 0.25) is 0 Å². The Labute approximate surface area is 172 Å². The molecule has 0 aliphatic carbocycles. The molecule has 0 spiro atoms. The Kier molecular flexibility index (Phi) is 8.18. The number of thiophene rings is 1. The topological polar surface area (TPSA) is 48.9 Å². The van der Waals surface area contributed by atoms with E-state index in [2.05, 4.69) is 46.0 Å².